The van der Waals surface area contributed by atoms with Gasteiger partial charge in [0.2, 0.25) is 0 Å². The largest absolute Gasteiger partial charge is 0.402 e. The summed E-state index contributed by atoms with van der Waals surface area (Å²) in [7, 11) is 0. The molecule has 0 atom stereocenters. The molecular formula is C8H13N. The quantitative estimate of drug-likeness (QED) is 0.522. The van der Waals surface area contributed by atoms with Crippen LogP contribution in [0.25, 0.3) is 0 Å². The highest BCUT2D eigenvalue weighted by Gasteiger charge is 2.42. The van der Waals surface area contributed by atoms with Crippen molar-refractivity contribution < 1.29 is 0 Å². The molecule has 0 heterocycles. The minimum atomic E-state index is 0.753. The van der Waals surface area contributed by atoms with E-state index in [0.717, 1.165) is 17.5 Å². The summed E-state index contributed by atoms with van der Waals surface area (Å²) in [4.78, 5) is 0. The van der Waals surface area contributed by atoms with E-state index >= 15 is 0 Å². The summed E-state index contributed by atoms with van der Waals surface area (Å²) in [6.45, 7) is 0. The van der Waals surface area contributed by atoms with Crippen LogP contribution in [-0.2, 0) is 0 Å². The molecule has 50 valence electrons. The third-order valence-electron chi connectivity index (χ3n) is 2.70. The Balaban J connectivity index is 2.07. The molecule has 2 N–H and O–H groups in total. The van der Waals surface area contributed by atoms with Gasteiger partial charge in [-0.15, -0.1) is 0 Å². The van der Waals surface area contributed by atoms with E-state index in [-0.39, 0.29) is 0 Å². The van der Waals surface area contributed by atoms with E-state index < -0.39 is 0 Å². The molecule has 0 bridgehead atoms. The number of hydrogen-bond acceptors (Lipinski definition) is 1. The van der Waals surface area contributed by atoms with Gasteiger partial charge in [0.05, 0.1) is 0 Å². The Kier molecular flexibility index (Phi) is 0.904. The Morgan fingerprint density at radius 1 is 1.33 bits per heavy atom. The molecular weight excluding hydrogens is 110 g/mol. The molecule has 0 amide bonds. The first-order valence-corrected chi connectivity index (χ1v) is 3.75. The van der Waals surface area contributed by atoms with Crippen LogP contribution in [0.2, 0.25) is 0 Å². The predicted octanol–water partition coefficient (Wildman–Crippen LogP) is 1.79. The molecule has 1 saturated carbocycles. The van der Waals surface area contributed by atoms with Crippen molar-refractivity contribution in [2.75, 3.05) is 0 Å². The summed E-state index contributed by atoms with van der Waals surface area (Å²) in [6, 6.07) is 0. The number of hydrogen-bond donors (Lipinski definition) is 1. The van der Waals surface area contributed by atoms with Crippen molar-refractivity contribution in [2.24, 2.45) is 11.1 Å². The van der Waals surface area contributed by atoms with Crippen LogP contribution in [0.4, 0.5) is 0 Å². The maximum Gasteiger partial charge on any atom is 0.00403 e. The van der Waals surface area contributed by atoms with E-state index in [1.165, 1.54) is 25.7 Å². The monoisotopic (exact) mass is 123 g/mol. The van der Waals surface area contributed by atoms with Crippen LogP contribution in [0.5, 0.6) is 0 Å². The van der Waals surface area contributed by atoms with Gasteiger partial charge in [0.15, 0.2) is 0 Å². The average molecular weight is 123 g/mol. The standard InChI is InChI=1S/C8H13N/c9-7-1-3-8(4-2-7)5-6-8/h1H,2-6,9H2. The highest BCUT2D eigenvalue weighted by Crippen LogP contribution is 2.54. The van der Waals surface area contributed by atoms with Crippen LogP contribution in [0.3, 0.4) is 0 Å². The zero-order valence-corrected chi connectivity index (χ0v) is 5.69. The van der Waals surface area contributed by atoms with Gasteiger partial charge < -0.3 is 5.73 Å². The van der Waals surface area contributed by atoms with Crippen molar-refractivity contribution in [1.82, 2.24) is 0 Å². The summed E-state index contributed by atoms with van der Waals surface area (Å²) in [5, 5.41) is 0. The van der Waals surface area contributed by atoms with Gasteiger partial charge in [-0.3, -0.25) is 0 Å². The first-order chi connectivity index (χ1) is 4.31. The predicted molar refractivity (Wildman–Crippen MR) is 37.8 cm³/mol. The first kappa shape index (κ1) is 5.33. The third kappa shape index (κ3) is 0.846. The molecule has 9 heavy (non-hydrogen) atoms. The fourth-order valence-electron chi connectivity index (χ4n) is 1.59. The summed E-state index contributed by atoms with van der Waals surface area (Å²) < 4.78 is 0. The maximum atomic E-state index is 5.64. The molecule has 0 aromatic heterocycles. The van der Waals surface area contributed by atoms with Gasteiger partial charge in [-0.1, -0.05) is 6.08 Å². The van der Waals surface area contributed by atoms with Crippen LogP contribution < -0.4 is 5.73 Å². The zero-order valence-electron chi connectivity index (χ0n) is 5.69. The van der Waals surface area contributed by atoms with Gasteiger partial charge in [-0.25, -0.2) is 0 Å². The van der Waals surface area contributed by atoms with Gasteiger partial charge in [-0.05, 0) is 37.5 Å². The van der Waals surface area contributed by atoms with E-state index in [0.29, 0.717) is 0 Å². The van der Waals surface area contributed by atoms with Gasteiger partial charge in [0, 0.05) is 5.70 Å². The van der Waals surface area contributed by atoms with Gasteiger partial charge in [-0.2, -0.15) is 0 Å². The van der Waals surface area contributed by atoms with Crippen LogP contribution in [0, 0.1) is 5.41 Å². The minimum absolute atomic E-state index is 0.753. The Morgan fingerprint density at radius 2 is 2.11 bits per heavy atom. The molecule has 1 fully saturated rings. The van der Waals surface area contributed by atoms with E-state index in [9.17, 15) is 0 Å². The lowest BCUT2D eigenvalue weighted by molar-refractivity contribution is 0.448. The van der Waals surface area contributed by atoms with Crippen LogP contribution in [0.15, 0.2) is 11.8 Å². The summed E-state index contributed by atoms with van der Waals surface area (Å²) >= 11 is 0. The zero-order chi connectivity index (χ0) is 6.32. The fourth-order valence-corrected chi connectivity index (χ4v) is 1.59. The Hall–Kier alpha value is -0.460. The number of allylic oxidation sites excluding steroid dienone is 2. The molecule has 0 aromatic rings. The van der Waals surface area contributed by atoms with E-state index in [2.05, 4.69) is 6.08 Å². The lowest BCUT2D eigenvalue weighted by atomic mass is 9.90. The van der Waals surface area contributed by atoms with E-state index in [4.69, 9.17) is 5.73 Å². The molecule has 2 rings (SSSR count). The van der Waals surface area contributed by atoms with Crippen molar-refractivity contribution in [3.63, 3.8) is 0 Å². The molecule has 2 aliphatic rings. The van der Waals surface area contributed by atoms with Crippen molar-refractivity contribution in [3.05, 3.63) is 11.8 Å². The van der Waals surface area contributed by atoms with Crippen molar-refractivity contribution >= 4 is 0 Å². The van der Waals surface area contributed by atoms with Crippen molar-refractivity contribution in [3.8, 4) is 0 Å². The topological polar surface area (TPSA) is 26.0 Å². The highest BCUT2D eigenvalue weighted by atomic mass is 14.6. The molecule has 0 aliphatic heterocycles. The molecule has 0 unspecified atom stereocenters. The summed E-state index contributed by atoms with van der Waals surface area (Å²) in [5.41, 5.74) is 7.52. The van der Waals surface area contributed by atoms with Gasteiger partial charge in [0.1, 0.15) is 0 Å². The second kappa shape index (κ2) is 1.53. The lowest BCUT2D eigenvalue weighted by Crippen LogP contribution is -2.10. The van der Waals surface area contributed by atoms with Gasteiger partial charge in [0.25, 0.3) is 0 Å². The second-order valence-electron chi connectivity index (χ2n) is 3.48. The van der Waals surface area contributed by atoms with Crippen LogP contribution in [-0.4, -0.2) is 0 Å². The third-order valence-corrected chi connectivity index (χ3v) is 2.70. The smallest absolute Gasteiger partial charge is 0.00403 e. The Bertz CT molecular complexity index is 154. The fraction of sp³-hybridized carbons (Fsp3) is 0.750. The molecule has 0 saturated heterocycles. The second-order valence-corrected chi connectivity index (χ2v) is 3.48. The number of nitrogens with two attached hydrogens (primary N) is 1. The maximum absolute atomic E-state index is 5.64. The molecule has 2 aliphatic carbocycles. The van der Waals surface area contributed by atoms with Crippen LogP contribution >= 0.6 is 0 Å². The highest BCUT2D eigenvalue weighted by molar-refractivity contribution is 5.10. The lowest BCUT2D eigenvalue weighted by Gasteiger charge is -2.17. The normalized spacial score (nSPS) is 30.0. The summed E-state index contributed by atoms with van der Waals surface area (Å²) in [6.07, 6.45) is 8.90. The van der Waals surface area contributed by atoms with E-state index in [1.54, 1.807) is 0 Å². The molecule has 1 heteroatoms. The SMILES string of the molecule is NC1=CCC2(CC1)CC2. The van der Waals surface area contributed by atoms with Crippen molar-refractivity contribution in [2.45, 2.75) is 32.1 Å². The van der Waals surface area contributed by atoms with Gasteiger partial charge >= 0.3 is 0 Å². The van der Waals surface area contributed by atoms with Crippen molar-refractivity contribution in [1.29, 1.82) is 0 Å². The molecule has 1 nitrogen and oxygen atoms in total. The molecule has 0 aromatic carbocycles. The summed E-state index contributed by atoms with van der Waals surface area (Å²) in [5.74, 6) is 0. The first-order valence-electron chi connectivity index (χ1n) is 3.75. The minimum Gasteiger partial charge on any atom is -0.402 e. The van der Waals surface area contributed by atoms with Crippen LogP contribution in [0.1, 0.15) is 32.1 Å². The molecule has 0 radical (unpaired) electrons. The Labute approximate surface area is 55.9 Å². The number of rotatable bonds is 0. The Morgan fingerprint density at radius 3 is 2.56 bits per heavy atom. The molecule has 1 spiro atoms. The average Bonchev–Trinajstić information content (AvgIpc) is 2.60. The van der Waals surface area contributed by atoms with E-state index in [1.807, 2.05) is 0 Å².